The molecular weight excluding hydrogens is 178 g/mol. The number of carbonyl (C=O) groups excluding carboxylic acids is 2. The highest BCUT2D eigenvalue weighted by atomic mass is 16.2. The standard InChI is InChI=1S/C11H15NO2/c1-5-3-6-4-7(5)9-8(6)10(13)12(2)11(9)14/h5-9H,3-4H2,1-2H3. The van der Waals surface area contributed by atoms with Gasteiger partial charge in [-0.2, -0.15) is 0 Å². The highest BCUT2D eigenvalue weighted by Gasteiger charge is 2.61. The van der Waals surface area contributed by atoms with E-state index in [9.17, 15) is 9.59 Å². The van der Waals surface area contributed by atoms with E-state index in [1.54, 1.807) is 7.05 Å². The van der Waals surface area contributed by atoms with Gasteiger partial charge in [0.1, 0.15) is 0 Å². The molecule has 1 saturated heterocycles. The molecule has 14 heavy (non-hydrogen) atoms. The van der Waals surface area contributed by atoms with Crippen LogP contribution in [0.2, 0.25) is 0 Å². The van der Waals surface area contributed by atoms with E-state index in [2.05, 4.69) is 6.92 Å². The van der Waals surface area contributed by atoms with Crippen molar-refractivity contribution in [1.29, 1.82) is 0 Å². The van der Waals surface area contributed by atoms with Gasteiger partial charge in [-0.05, 0) is 30.6 Å². The minimum atomic E-state index is 0.0428. The van der Waals surface area contributed by atoms with Gasteiger partial charge >= 0.3 is 0 Å². The van der Waals surface area contributed by atoms with E-state index in [0.717, 1.165) is 12.8 Å². The number of amides is 2. The fourth-order valence-electron chi connectivity index (χ4n) is 3.93. The summed E-state index contributed by atoms with van der Waals surface area (Å²) >= 11 is 0. The highest BCUT2D eigenvalue weighted by molar-refractivity contribution is 6.05. The Morgan fingerprint density at radius 2 is 1.79 bits per heavy atom. The first-order valence-electron chi connectivity index (χ1n) is 5.42. The second kappa shape index (κ2) is 2.38. The van der Waals surface area contributed by atoms with Crippen LogP contribution in [-0.4, -0.2) is 23.8 Å². The number of hydrogen-bond acceptors (Lipinski definition) is 2. The maximum absolute atomic E-state index is 11.8. The molecule has 3 rings (SSSR count). The molecule has 2 bridgehead atoms. The van der Waals surface area contributed by atoms with E-state index in [1.165, 1.54) is 4.90 Å². The third-order valence-corrected chi connectivity index (χ3v) is 4.57. The van der Waals surface area contributed by atoms with Crippen LogP contribution in [0, 0.1) is 29.6 Å². The van der Waals surface area contributed by atoms with Crippen molar-refractivity contribution in [2.24, 2.45) is 29.6 Å². The van der Waals surface area contributed by atoms with E-state index in [1.807, 2.05) is 0 Å². The second-order valence-electron chi connectivity index (χ2n) is 5.16. The average molecular weight is 193 g/mol. The summed E-state index contributed by atoms with van der Waals surface area (Å²) in [6.07, 6.45) is 2.26. The monoisotopic (exact) mass is 193 g/mol. The van der Waals surface area contributed by atoms with E-state index in [0.29, 0.717) is 17.8 Å². The molecule has 1 aliphatic heterocycles. The lowest BCUT2D eigenvalue weighted by molar-refractivity contribution is -0.139. The molecule has 0 aromatic rings. The van der Waals surface area contributed by atoms with Crippen LogP contribution >= 0.6 is 0 Å². The molecule has 0 spiro atoms. The Bertz CT molecular complexity index is 325. The van der Waals surface area contributed by atoms with Gasteiger partial charge in [0, 0.05) is 7.05 Å². The molecule has 0 aromatic heterocycles. The average Bonchev–Trinajstić information content (AvgIpc) is 2.74. The van der Waals surface area contributed by atoms with Crippen molar-refractivity contribution < 1.29 is 9.59 Å². The Morgan fingerprint density at radius 3 is 2.50 bits per heavy atom. The Kier molecular flexibility index (Phi) is 1.44. The van der Waals surface area contributed by atoms with Gasteiger partial charge < -0.3 is 0 Å². The lowest BCUT2D eigenvalue weighted by Crippen LogP contribution is -2.29. The molecule has 3 fully saturated rings. The Hall–Kier alpha value is -0.860. The third-order valence-electron chi connectivity index (χ3n) is 4.57. The minimum absolute atomic E-state index is 0.0428. The van der Waals surface area contributed by atoms with Gasteiger partial charge in [0.05, 0.1) is 11.8 Å². The molecule has 2 amide bonds. The molecule has 2 aliphatic carbocycles. The van der Waals surface area contributed by atoms with E-state index >= 15 is 0 Å². The van der Waals surface area contributed by atoms with Crippen LogP contribution in [0.5, 0.6) is 0 Å². The van der Waals surface area contributed by atoms with Crippen LogP contribution < -0.4 is 0 Å². The Balaban J connectivity index is 2.01. The van der Waals surface area contributed by atoms with Crippen LogP contribution in [0.25, 0.3) is 0 Å². The summed E-state index contributed by atoms with van der Waals surface area (Å²) in [4.78, 5) is 25.0. The summed E-state index contributed by atoms with van der Waals surface area (Å²) in [6, 6.07) is 0. The van der Waals surface area contributed by atoms with Gasteiger partial charge in [0.15, 0.2) is 0 Å². The van der Waals surface area contributed by atoms with Gasteiger partial charge in [-0.25, -0.2) is 0 Å². The predicted molar refractivity (Wildman–Crippen MR) is 50.1 cm³/mol. The summed E-state index contributed by atoms with van der Waals surface area (Å²) in [5, 5.41) is 0. The number of rotatable bonds is 0. The van der Waals surface area contributed by atoms with E-state index in [-0.39, 0.29) is 23.7 Å². The van der Waals surface area contributed by atoms with Gasteiger partial charge in [-0.3, -0.25) is 14.5 Å². The maximum Gasteiger partial charge on any atom is 0.233 e. The third kappa shape index (κ3) is 0.748. The summed E-state index contributed by atoms with van der Waals surface area (Å²) in [6.45, 7) is 2.22. The highest BCUT2D eigenvalue weighted by Crippen LogP contribution is 2.58. The summed E-state index contributed by atoms with van der Waals surface area (Å²) in [5.41, 5.74) is 0. The molecule has 5 unspecified atom stereocenters. The maximum atomic E-state index is 11.8. The zero-order valence-electron chi connectivity index (χ0n) is 8.56. The number of nitrogens with zero attached hydrogens (tertiary/aromatic N) is 1. The zero-order chi connectivity index (χ0) is 10.0. The van der Waals surface area contributed by atoms with Crippen LogP contribution in [0.1, 0.15) is 19.8 Å². The van der Waals surface area contributed by atoms with Crippen LogP contribution in [-0.2, 0) is 9.59 Å². The van der Waals surface area contributed by atoms with Crippen molar-refractivity contribution in [2.75, 3.05) is 7.05 Å². The largest absolute Gasteiger partial charge is 0.285 e. The van der Waals surface area contributed by atoms with Crippen molar-refractivity contribution >= 4 is 11.8 Å². The van der Waals surface area contributed by atoms with Crippen molar-refractivity contribution in [1.82, 2.24) is 4.90 Å². The first-order valence-corrected chi connectivity index (χ1v) is 5.42. The molecule has 3 heteroatoms. The minimum Gasteiger partial charge on any atom is -0.285 e. The summed E-state index contributed by atoms with van der Waals surface area (Å²) < 4.78 is 0. The predicted octanol–water partition coefficient (Wildman–Crippen LogP) is 0.893. The topological polar surface area (TPSA) is 37.4 Å². The van der Waals surface area contributed by atoms with Crippen molar-refractivity contribution in [3.05, 3.63) is 0 Å². The lowest BCUT2D eigenvalue weighted by atomic mass is 9.76. The first kappa shape index (κ1) is 8.45. The molecular formula is C11H15NO2. The summed E-state index contributed by atoms with van der Waals surface area (Å²) in [7, 11) is 1.63. The van der Waals surface area contributed by atoms with Crippen LogP contribution in [0.15, 0.2) is 0 Å². The van der Waals surface area contributed by atoms with E-state index < -0.39 is 0 Å². The van der Waals surface area contributed by atoms with E-state index in [4.69, 9.17) is 0 Å². The number of likely N-dealkylation sites (tertiary alicyclic amines) is 1. The molecule has 0 radical (unpaired) electrons. The number of imide groups is 1. The Labute approximate surface area is 83.5 Å². The zero-order valence-corrected chi connectivity index (χ0v) is 8.56. The van der Waals surface area contributed by atoms with Gasteiger partial charge in [0.25, 0.3) is 0 Å². The van der Waals surface area contributed by atoms with Crippen LogP contribution in [0.3, 0.4) is 0 Å². The van der Waals surface area contributed by atoms with Gasteiger partial charge in [-0.1, -0.05) is 6.92 Å². The molecule has 3 aliphatic rings. The normalized spacial score (nSPS) is 50.4. The molecule has 1 heterocycles. The van der Waals surface area contributed by atoms with Gasteiger partial charge in [-0.15, -0.1) is 0 Å². The molecule has 76 valence electrons. The first-order chi connectivity index (χ1) is 6.61. The second-order valence-corrected chi connectivity index (χ2v) is 5.16. The number of hydrogen-bond donors (Lipinski definition) is 0. The van der Waals surface area contributed by atoms with Crippen molar-refractivity contribution in [2.45, 2.75) is 19.8 Å². The summed E-state index contributed by atoms with van der Waals surface area (Å²) in [5.74, 6) is 1.89. The van der Waals surface area contributed by atoms with Gasteiger partial charge in [0.2, 0.25) is 11.8 Å². The number of fused-ring (bicyclic) bond motifs is 5. The molecule has 3 nitrogen and oxygen atoms in total. The number of carbonyl (C=O) groups is 2. The fourth-order valence-corrected chi connectivity index (χ4v) is 3.93. The quantitative estimate of drug-likeness (QED) is 0.536. The molecule has 2 saturated carbocycles. The fraction of sp³-hybridized carbons (Fsp3) is 0.818. The SMILES string of the molecule is CC1CC2CC1C1C(=O)N(C)C(=O)C21. The lowest BCUT2D eigenvalue weighted by Gasteiger charge is -2.25. The van der Waals surface area contributed by atoms with Crippen LogP contribution in [0.4, 0.5) is 0 Å². The van der Waals surface area contributed by atoms with Crippen molar-refractivity contribution in [3.8, 4) is 0 Å². The smallest absolute Gasteiger partial charge is 0.233 e. The van der Waals surface area contributed by atoms with Crippen molar-refractivity contribution in [3.63, 3.8) is 0 Å². The molecule has 0 N–H and O–H groups in total. The Morgan fingerprint density at radius 1 is 1.14 bits per heavy atom. The molecule has 5 atom stereocenters. The molecule has 0 aromatic carbocycles.